The highest BCUT2D eigenvalue weighted by atomic mass is 32.2. The Bertz CT molecular complexity index is 3180. The molecule has 61 heavy (non-hydrogen) atoms. The first-order valence-electron chi connectivity index (χ1n) is 16.7. The van der Waals surface area contributed by atoms with Gasteiger partial charge in [0.2, 0.25) is 0 Å². The second-order valence-corrected chi connectivity index (χ2v) is 16.6. The summed E-state index contributed by atoms with van der Waals surface area (Å²) < 4.78 is 110. The third kappa shape index (κ3) is 9.73. The van der Waals surface area contributed by atoms with Gasteiger partial charge in [-0.2, -0.15) is 40.6 Å². The third-order valence-corrected chi connectivity index (χ3v) is 11.0. The minimum atomic E-state index is -5.25. The van der Waals surface area contributed by atoms with Crippen LogP contribution in [-0.2, 0) is 35.1 Å². The van der Waals surface area contributed by atoms with Gasteiger partial charge in [0.05, 0.1) is 46.5 Å². The number of methoxy groups -OCH3 is 1. The number of rotatable bonds is 12. The average Bonchev–Trinajstić information content (AvgIpc) is 3.19. The molecular formula is C36H29N9O13S3. The first-order chi connectivity index (χ1) is 28.6. The summed E-state index contributed by atoms with van der Waals surface area (Å²) in [4.78, 5) is 8.95. The SMILES string of the molecule is COC(=O)c1ccc(/N=N/c2c(S(=O)(=O)O)cc3cc(S(=O)(=O)O)c(/N=N/c4ccc(Nc5ccc(/N=N/c6ccc(N)cc6O)cc5)c(S(=O)(=O)O)c4)c(N)c3c2O)cc1. The van der Waals surface area contributed by atoms with Gasteiger partial charge in [0.1, 0.15) is 37.5 Å². The summed E-state index contributed by atoms with van der Waals surface area (Å²) in [5.74, 6) is -1.89. The molecule has 0 amide bonds. The number of nitrogen functional groups attached to an aromatic ring is 2. The summed E-state index contributed by atoms with van der Waals surface area (Å²) in [6.07, 6.45) is 0. The number of carbonyl (C=O) groups excluding carboxylic acids is 1. The molecule has 0 heterocycles. The molecule has 6 rings (SSSR count). The molecule has 0 spiro atoms. The molecule has 0 bridgehead atoms. The first kappa shape index (κ1) is 43.2. The van der Waals surface area contributed by atoms with Crippen molar-refractivity contribution in [3.63, 3.8) is 0 Å². The van der Waals surface area contributed by atoms with Gasteiger partial charge >= 0.3 is 5.97 Å². The monoisotopic (exact) mass is 891 g/mol. The van der Waals surface area contributed by atoms with E-state index in [4.69, 9.17) is 11.5 Å². The highest BCUT2D eigenvalue weighted by Gasteiger charge is 2.28. The van der Waals surface area contributed by atoms with Crippen molar-refractivity contribution in [2.45, 2.75) is 14.7 Å². The molecule has 0 aliphatic heterocycles. The molecule has 0 radical (unpaired) electrons. The number of ether oxygens (including phenoxy) is 1. The number of hydrogen-bond donors (Lipinski definition) is 8. The zero-order chi connectivity index (χ0) is 44.4. The predicted molar refractivity (Wildman–Crippen MR) is 218 cm³/mol. The Balaban J connectivity index is 1.37. The lowest BCUT2D eigenvalue weighted by atomic mass is 10.1. The number of esters is 1. The summed E-state index contributed by atoms with van der Waals surface area (Å²) in [6, 6.07) is 20.2. The molecule has 25 heteroatoms. The fourth-order valence-corrected chi connectivity index (χ4v) is 7.49. The number of carbonyl (C=O) groups is 1. The van der Waals surface area contributed by atoms with Gasteiger partial charge in [-0.05, 0) is 96.4 Å². The predicted octanol–water partition coefficient (Wildman–Crippen LogP) is 7.93. The largest absolute Gasteiger partial charge is 0.506 e. The topological polar surface area (TPSA) is 368 Å². The third-order valence-electron chi connectivity index (χ3n) is 8.35. The van der Waals surface area contributed by atoms with Crippen LogP contribution in [0, 0.1) is 0 Å². The van der Waals surface area contributed by atoms with Crippen molar-refractivity contribution in [3.05, 3.63) is 103 Å². The lowest BCUT2D eigenvalue weighted by Crippen LogP contribution is -2.04. The van der Waals surface area contributed by atoms with Crippen molar-refractivity contribution in [3.8, 4) is 11.5 Å². The van der Waals surface area contributed by atoms with Crippen molar-refractivity contribution < 1.29 is 58.7 Å². The molecule has 0 unspecified atom stereocenters. The Morgan fingerprint density at radius 2 is 1.13 bits per heavy atom. The van der Waals surface area contributed by atoms with Crippen LogP contribution in [0.5, 0.6) is 11.5 Å². The van der Waals surface area contributed by atoms with Crippen molar-refractivity contribution in [1.29, 1.82) is 0 Å². The highest BCUT2D eigenvalue weighted by molar-refractivity contribution is 7.86. The molecule has 314 valence electrons. The van der Waals surface area contributed by atoms with Crippen LogP contribution in [0.15, 0.2) is 142 Å². The van der Waals surface area contributed by atoms with Crippen LogP contribution < -0.4 is 16.8 Å². The van der Waals surface area contributed by atoms with Crippen LogP contribution >= 0.6 is 0 Å². The van der Waals surface area contributed by atoms with Crippen molar-refractivity contribution in [1.82, 2.24) is 0 Å². The maximum atomic E-state index is 12.6. The van der Waals surface area contributed by atoms with E-state index in [0.717, 1.165) is 6.07 Å². The number of anilines is 4. The molecule has 0 aliphatic carbocycles. The van der Waals surface area contributed by atoms with Gasteiger partial charge in [-0.1, -0.05) is 0 Å². The second kappa shape index (κ2) is 16.7. The Hall–Kier alpha value is -7.42. The van der Waals surface area contributed by atoms with Crippen molar-refractivity contribution in [2.24, 2.45) is 30.7 Å². The molecule has 0 aromatic heterocycles. The minimum Gasteiger partial charge on any atom is -0.506 e. The van der Waals surface area contributed by atoms with Gasteiger partial charge in [0, 0.05) is 17.4 Å². The van der Waals surface area contributed by atoms with E-state index >= 15 is 0 Å². The van der Waals surface area contributed by atoms with Gasteiger partial charge in [0.15, 0.2) is 5.75 Å². The average molecular weight is 892 g/mol. The number of phenols is 2. The number of fused-ring (bicyclic) bond motifs is 1. The van der Waals surface area contributed by atoms with E-state index in [0.29, 0.717) is 29.2 Å². The lowest BCUT2D eigenvalue weighted by molar-refractivity contribution is 0.0600. The molecular weight excluding hydrogens is 863 g/mol. The van der Waals surface area contributed by atoms with E-state index < -0.39 is 84.6 Å². The van der Waals surface area contributed by atoms with E-state index in [9.17, 15) is 53.9 Å². The van der Waals surface area contributed by atoms with Gasteiger partial charge < -0.3 is 31.7 Å². The number of hydrogen-bond acceptors (Lipinski definition) is 19. The van der Waals surface area contributed by atoms with Crippen LogP contribution in [-0.4, -0.2) is 62.2 Å². The molecule has 0 aliphatic rings. The number of nitrogens with zero attached hydrogens (tertiary/aromatic N) is 6. The van der Waals surface area contributed by atoms with Crippen LogP contribution in [0.3, 0.4) is 0 Å². The summed E-state index contributed by atoms with van der Waals surface area (Å²) in [5, 5.41) is 46.4. The Labute approximate surface area is 344 Å². The highest BCUT2D eigenvalue weighted by Crippen LogP contribution is 2.48. The minimum absolute atomic E-state index is 0.0391. The van der Waals surface area contributed by atoms with Crippen molar-refractivity contribution >= 4 is 104 Å². The fraction of sp³-hybridized carbons (Fsp3) is 0.0278. The number of aromatic hydroxyl groups is 2. The van der Waals surface area contributed by atoms with Crippen LogP contribution in [0.1, 0.15) is 10.4 Å². The van der Waals surface area contributed by atoms with Gasteiger partial charge in [0.25, 0.3) is 30.4 Å². The summed E-state index contributed by atoms with van der Waals surface area (Å²) in [7, 11) is -14.3. The molecule has 22 nitrogen and oxygen atoms in total. The van der Waals surface area contributed by atoms with E-state index in [1.807, 2.05) is 0 Å². The van der Waals surface area contributed by atoms with Gasteiger partial charge in [-0.25, -0.2) is 4.79 Å². The zero-order valence-corrected chi connectivity index (χ0v) is 33.3. The van der Waals surface area contributed by atoms with E-state index in [1.165, 1.54) is 86.0 Å². The number of azo groups is 3. The summed E-state index contributed by atoms with van der Waals surface area (Å²) in [5.41, 5.74) is 10.4. The molecule has 6 aromatic rings. The Morgan fingerprint density at radius 3 is 1.70 bits per heavy atom. The smallest absolute Gasteiger partial charge is 0.337 e. The molecule has 0 fully saturated rings. The number of nitrogens with two attached hydrogens (primary N) is 2. The quantitative estimate of drug-likeness (QED) is 0.0250. The van der Waals surface area contributed by atoms with Crippen LogP contribution in [0.2, 0.25) is 0 Å². The molecule has 6 aromatic carbocycles. The van der Waals surface area contributed by atoms with Crippen LogP contribution in [0.4, 0.5) is 56.9 Å². The molecule has 10 N–H and O–H groups in total. The van der Waals surface area contributed by atoms with Crippen molar-refractivity contribution in [2.75, 3.05) is 23.9 Å². The fourth-order valence-electron chi connectivity index (χ4n) is 5.50. The number of phenolic OH excluding ortho intramolecular Hbond substituents is 2. The van der Waals surface area contributed by atoms with Gasteiger partial charge in [-0.3, -0.25) is 13.7 Å². The maximum absolute atomic E-state index is 12.6. The van der Waals surface area contributed by atoms with E-state index in [1.54, 1.807) is 0 Å². The van der Waals surface area contributed by atoms with E-state index in [2.05, 4.69) is 40.7 Å². The Kier molecular flexibility index (Phi) is 11.8. The molecule has 0 saturated heterocycles. The second-order valence-electron chi connectivity index (χ2n) is 12.5. The molecule has 0 saturated carbocycles. The standard InChI is InChI=1S/C36H29N9O13S3/c1-58-36(48)18-2-5-22(6-3-18)41-45-34-30(61(55,56)57)15-19-14-29(60(52,53)54)33(32(38)31(19)35(34)47)44-42-24-11-13-26(28(17-24)59(49,50)51)39-21-7-9-23(10-8-21)40-43-25-12-4-20(37)16-27(25)46/h2-17,39,46-47H,37-38H2,1H3,(H,49,50,51)(H,52,53,54)(H,55,56,57)/b43-40+,44-42+,45-41+. The summed E-state index contributed by atoms with van der Waals surface area (Å²) >= 11 is 0. The first-order valence-corrected chi connectivity index (χ1v) is 21.0. The maximum Gasteiger partial charge on any atom is 0.337 e. The molecule has 0 atom stereocenters. The van der Waals surface area contributed by atoms with E-state index in [-0.39, 0.29) is 34.1 Å². The lowest BCUT2D eigenvalue weighted by Gasteiger charge is -2.14. The number of nitrogens with one attached hydrogen (secondary N) is 1. The van der Waals surface area contributed by atoms with Crippen LogP contribution in [0.25, 0.3) is 10.8 Å². The van der Waals surface area contributed by atoms with Gasteiger partial charge in [-0.15, -0.1) is 15.3 Å². The summed E-state index contributed by atoms with van der Waals surface area (Å²) in [6.45, 7) is 0. The Morgan fingerprint density at radius 1 is 0.607 bits per heavy atom. The number of benzene rings is 6. The normalized spacial score (nSPS) is 12.5. The zero-order valence-electron chi connectivity index (χ0n) is 30.8.